The number of nitrogens with zero attached hydrogens (tertiary/aromatic N) is 2. The van der Waals surface area contributed by atoms with Crippen molar-refractivity contribution in [2.45, 2.75) is 185 Å². The number of hydrogen-bond acceptors (Lipinski definition) is 19. The molecule has 0 radical (unpaired) electrons. The van der Waals surface area contributed by atoms with Gasteiger partial charge in [-0.15, -0.1) is 0 Å². The lowest BCUT2D eigenvalue weighted by Gasteiger charge is -2.40. The van der Waals surface area contributed by atoms with Gasteiger partial charge in [0.05, 0.1) is 37.6 Å². The molecule has 0 aliphatic carbocycles. The van der Waals surface area contributed by atoms with Crippen LogP contribution in [0.2, 0.25) is 0 Å². The molecule has 9 N–H and O–H groups in total. The van der Waals surface area contributed by atoms with E-state index >= 15 is 0 Å². The number of anilines is 1. The van der Waals surface area contributed by atoms with Gasteiger partial charge in [-0.1, -0.05) is 90.7 Å². The van der Waals surface area contributed by atoms with Crippen molar-refractivity contribution in [1.82, 2.24) is 9.55 Å². The van der Waals surface area contributed by atoms with Crippen LogP contribution < -0.4 is 11.4 Å². The van der Waals surface area contributed by atoms with Crippen molar-refractivity contribution in [3.05, 3.63) is 34.9 Å². The van der Waals surface area contributed by atoms with Gasteiger partial charge in [0.15, 0.2) is 6.10 Å². The van der Waals surface area contributed by atoms with E-state index in [-0.39, 0.29) is 37.9 Å². The van der Waals surface area contributed by atoms with E-state index in [1.807, 2.05) is 6.92 Å². The molecular weight excluding hydrogens is 936 g/mol. The zero-order chi connectivity index (χ0) is 50.4. The zero-order valence-electron chi connectivity index (χ0n) is 39.4. The fourth-order valence-corrected chi connectivity index (χ4v) is 10.0. The third kappa shape index (κ3) is 22.0. The van der Waals surface area contributed by atoms with Gasteiger partial charge in [0.25, 0.3) is 0 Å². The molecule has 2 unspecified atom stereocenters. The maximum absolute atomic E-state index is 13.7. The molecule has 3 heterocycles. The number of nitrogen functional groups attached to an aromatic ring is 1. The summed E-state index contributed by atoms with van der Waals surface area (Å²) in [6.45, 7) is 3.46. The summed E-state index contributed by atoms with van der Waals surface area (Å²) >= 11 is 0. The van der Waals surface area contributed by atoms with E-state index in [0.717, 1.165) is 62.1 Å². The minimum atomic E-state index is -5.75. The molecule has 12 atom stereocenters. The molecule has 0 spiro atoms. The van der Waals surface area contributed by atoms with Gasteiger partial charge in [-0.05, 0) is 37.7 Å². The van der Waals surface area contributed by atoms with Crippen molar-refractivity contribution in [2.24, 2.45) is 17.8 Å². The molecule has 1 aromatic heterocycles. The van der Waals surface area contributed by atoms with E-state index < -0.39 is 133 Å². The average molecular weight is 1010 g/mol. The number of carbonyl (C=O) groups is 3. The number of unbranched alkanes of at least 4 members (excludes halogenated alkanes) is 7. The van der Waals surface area contributed by atoms with Crippen molar-refractivity contribution in [1.29, 1.82) is 0 Å². The number of ketones is 1. The first-order chi connectivity index (χ1) is 32.1. The Morgan fingerprint density at radius 2 is 1.56 bits per heavy atom. The monoisotopic (exact) mass is 1010 g/mol. The maximum atomic E-state index is 13.7. The molecule has 0 amide bonds. The highest BCUT2D eigenvalue weighted by Crippen LogP contribution is 2.60. The first kappa shape index (κ1) is 59.4. The Labute approximate surface area is 397 Å². The van der Waals surface area contributed by atoms with Crippen LogP contribution in [0.3, 0.4) is 0 Å². The number of aliphatic hydroxyl groups excluding tert-OH is 5. The quantitative estimate of drug-likeness (QED) is 0.0440. The summed E-state index contributed by atoms with van der Waals surface area (Å²) in [6, 6.07) is 1.18. The molecule has 2 saturated heterocycles. The van der Waals surface area contributed by atoms with Crippen molar-refractivity contribution in [2.75, 3.05) is 25.6 Å². The smallest absolute Gasteiger partial charge is 0.462 e. The Balaban J connectivity index is 1.93. The topological polar surface area (TPSA) is 343 Å². The predicted molar refractivity (Wildman–Crippen MR) is 245 cm³/mol. The number of aliphatic hydroxyl groups is 5. The molecule has 0 aromatic carbocycles. The first-order valence-electron chi connectivity index (χ1n) is 23.7. The Morgan fingerprint density at radius 1 is 0.912 bits per heavy atom. The van der Waals surface area contributed by atoms with E-state index in [1.165, 1.54) is 18.2 Å². The lowest BCUT2D eigenvalue weighted by molar-refractivity contribution is -0.196. The number of rotatable bonds is 18. The molecular formula is C44H75N3O19P2. The zero-order valence-corrected chi connectivity index (χ0v) is 41.2. The highest BCUT2D eigenvalue weighted by atomic mass is 31.3. The summed E-state index contributed by atoms with van der Waals surface area (Å²) in [4.78, 5) is 77.5. The normalized spacial score (nSPS) is 31.6. The van der Waals surface area contributed by atoms with Crippen LogP contribution in [0.15, 0.2) is 29.2 Å². The number of nitrogens with two attached hydrogens (primary N) is 1. The van der Waals surface area contributed by atoms with Crippen LogP contribution in [0.25, 0.3) is 0 Å². The van der Waals surface area contributed by atoms with Crippen LogP contribution in [0.5, 0.6) is 0 Å². The fraction of sp³-hybridized carbons (Fsp3) is 0.795. The molecule has 0 saturated carbocycles. The second kappa shape index (κ2) is 30.0. The van der Waals surface area contributed by atoms with E-state index in [0.29, 0.717) is 25.2 Å². The summed E-state index contributed by atoms with van der Waals surface area (Å²) in [5, 5.41) is 57.3. The number of Topliss-reactive ketones (excluding diaryl/α,β-unsaturated/α-hetero) is 1. The number of cyclic esters (lactones) is 1. The molecule has 2 bridgehead atoms. The molecule has 2 aliphatic heterocycles. The lowest BCUT2D eigenvalue weighted by atomic mass is 9.82. The minimum Gasteiger partial charge on any atom is -0.462 e. The van der Waals surface area contributed by atoms with Crippen molar-refractivity contribution < 1.29 is 86.4 Å². The van der Waals surface area contributed by atoms with Gasteiger partial charge in [-0.3, -0.25) is 28.0 Å². The van der Waals surface area contributed by atoms with Gasteiger partial charge < -0.3 is 55.3 Å². The van der Waals surface area contributed by atoms with E-state index in [4.69, 9.17) is 29.0 Å². The number of aromatic nitrogens is 2. The van der Waals surface area contributed by atoms with Gasteiger partial charge in [0.2, 0.25) is 0 Å². The molecule has 2 aliphatic rings. The van der Waals surface area contributed by atoms with Crippen LogP contribution in [-0.4, -0.2) is 125 Å². The second-order valence-electron chi connectivity index (χ2n) is 18.1. The standard InChI is InChI=1S/C44H75N3O19P2/c1-4-5-10-16-30(48)20-21-33-35(50)25-36(51)34-24-31(49)17-13-14-19-40(53)64-32(26-61-39(52)18-12-9-7-6-8-11-15-29(2)3)27-62-67(57,58)66-68(59,60)63-28-37(42(55)41(33)54)65-43(34)47-23-22-38(45)46-44(47)56/h20-23,29-30,32-37,41-43,48,50-51,54-55H,4-19,24-28H2,1-3H3,(H,57,58)(H,59,60)(H2,45,46,56)/t30-,32+,33-,34-,35+,36-,37+,41-,42+,43+/m0/s1. The van der Waals surface area contributed by atoms with Crippen molar-refractivity contribution in [3.63, 3.8) is 0 Å². The summed E-state index contributed by atoms with van der Waals surface area (Å²) < 4.78 is 58.4. The van der Waals surface area contributed by atoms with Crippen molar-refractivity contribution in [3.8, 4) is 0 Å². The Hall–Kier alpha value is -2.95. The van der Waals surface area contributed by atoms with E-state index in [9.17, 15) is 63.6 Å². The second-order valence-corrected chi connectivity index (χ2v) is 21.1. The average Bonchev–Trinajstić information content (AvgIpc) is 3.25. The first-order valence-corrected chi connectivity index (χ1v) is 26.7. The minimum absolute atomic E-state index is 0.0526. The highest BCUT2D eigenvalue weighted by molar-refractivity contribution is 7.61. The summed E-state index contributed by atoms with van der Waals surface area (Å²) in [6.07, 6.45) is -2.44. The number of ether oxygens (including phenoxy) is 3. The fourth-order valence-electron chi connectivity index (χ4n) is 7.90. The van der Waals surface area contributed by atoms with Crippen LogP contribution in [0.4, 0.5) is 5.82 Å². The molecule has 1 aromatic rings. The number of hydrogen-bond donors (Lipinski definition) is 8. The summed E-state index contributed by atoms with van der Waals surface area (Å²) in [5.74, 6) is -4.53. The largest absolute Gasteiger partial charge is 0.481 e. The Kier molecular flexibility index (Phi) is 26.2. The number of carbonyl (C=O) groups excluding carboxylic acids is 3. The Morgan fingerprint density at radius 3 is 2.24 bits per heavy atom. The van der Waals surface area contributed by atoms with Gasteiger partial charge >= 0.3 is 33.3 Å². The summed E-state index contributed by atoms with van der Waals surface area (Å²) in [7, 11) is -11.4. The highest BCUT2D eigenvalue weighted by Gasteiger charge is 2.45. The molecule has 390 valence electrons. The third-order valence-corrected chi connectivity index (χ3v) is 14.3. The van der Waals surface area contributed by atoms with E-state index in [2.05, 4.69) is 23.1 Å². The van der Waals surface area contributed by atoms with Crippen LogP contribution in [0.1, 0.15) is 143 Å². The predicted octanol–water partition coefficient (Wildman–Crippen LogP) is 4.30. The molecule has 22 nitrogen and oxygen atoms in total. The Bertz CT molecular complexity index is 1890. The third-order valence-electron chi connectivity index (χ3n) is 11.7. The van der Waals surface area contributed by atoms with Gasteiger partial charge in [-0.2, -0.15) is 9.29 Å². The number of phosphoric ester groups is 2. The van der Waals surface area contributed by atoms with Crippen molar-refractivity contribution >= 4 is 39.2 Å². The van der Waals surface area contributed by atoms with Gasteiger partial charge in [-0.25, -0.2) is 13.9 Å². The number of phosphoric acid groups is 2. The molecule has 68 heavy (non-hydrogen) atoms. The van der Waals surface area contributed by atoms with Gasteiger partial charge in [0.1, 0.15) is 36.6 Å². The summed E-state index contributed by atoms with van der Waals surface area (Å²) in [5.41, 5.74) is 4.65. The SMILES string of the molecule is CCCCC[C@H](O)C=C[C@@H]1[C@H](O)[C@H](O)[C@H]2COP(=O)(O)OP(=O)(O)OC[C@@H](COC(=O)CCCCCCCCC(C)C)OC(=O)CCCCC(=O)C[C@H]([C@H](n3ccc(N)nc3=O)O2)[C@@H](O)C[C@H]1O. The molecule has 24 heteroatoms. The number of esters is 2. The lowest BCUT2D eigenvalue weighted by Crippen LogP contribution is -2.52. The molecule has 2 fully saturated rings. The number of fused-ring (bicyclic) bond motifs is 3. The maximum Gasteiger partial charge on any atom is 0.481 e. The van der Waals surface area contributed by atoms with Crippen LogP contribution in [0, 0.1) is 17.8 Å². The van der Waals surface area contributed by atoms with Crippen LogP contribution in [-0.2, 0) is 51.1 Å². The van der Waals surface area contributed by atoms with Crippen LogP contribution >= 0.6 is 15.6 Å². The van der Waals surface area contributed by atoms with E-state index in [1.54, 1.807) is 0 Å². The van der Waals surface area contributed by atoms with Gasteiger partial charge in [0, 0.05) is 50.1 Å². The molecule has 3 rings (SSSR count).